The number of rotatable bonds is 5. The van der Waals surface area contributed by atoms with Crippen molar-refractivity contribution in [3.63, 3.8) is 0 Å². The van der Waals surface area contributed by atoms with Gasteiger partial charge in [0.1, 0.15) is 5.82 Å². The van der Waals surface area contributed by atoms with Crippen LogP contribution < -0.4 is 5.73 Å². The van der Waals surface area contributed by atoms with Crippen LogP contribution in [0, 0.1) is 11.7 Å². The third kappa shape index (κ3) is 3.16. The van der Waals surface area contributed by atoms with E-state index in [0.29, 0.717) is 34.8 Å². The van der Waals surface area contributed by atoms with Crippen LogP contribution in [-0.2, 0) is 6.42 Å². The van der Waals surface area contributed by atoms with Crippen LogP contribution in [0.2, 0.25) is 5.02 Å². The van der Waals surface area contributed by atoms with Crippen molar-refractivity contribution in [3.05, 3.63) is 46.3 Å². The summed E-state index contributed by atoms with van der Waals surface area (Å²) < 4.78 is 18.9. The first kappa shape index (κ1) is 14.9. The lowest BCUT2D eigenvalue weighted by atomic mass is 9.96. The molecule has 0 spiro atoms. The van der Waals surface area contributed by atoms with Crippen molar-refractivity contribution in [2.45, 2.75) is 26.2 Å². The standard InChI is InChI=1S/C14H17ClFN3O/c1-8(2)10(7-17)14-18-13(19-20-14)6-9-11(15)4-3-5-12(9)16/h3-5,8,10H,6-7,17H2,1-2H3. The molecule has 1 atom stereocenters. The Morgan fingerprint density at radius 3 is 2.75 bits per heavy atom. The van der Waals surface area contributed by atoms with Gasteiger partial charge >= 0.3 is 0 Å². The van der Waals surface area contributed by atoms with Crippen molar-refractivity contribution in [2.75, 3.05) is 6.54 Å². The molecule has 1 aromatic carbocycles. The molecule has 20 heavy (non-hydrogen) atoms. The second-order valence-electron chi connectivity index (χ2n) is 5.01. The van der Waals surface area contributed by atoms with Crippen LogP contribution >= 0.6 is 11.6 Å². The largest absolute Gasteiger partial charge is 0.339 e. The second-order valence-corrected chi connectivity index (χ2v) is 5.42. The van der Waals surface area contributed by atoms with Crippen molar-refractivity contribution >= 4 is 11.6 Å². The number of aromatic nitrogens is 2. The van der Waals surface area contributed by atoms with E-state index < -0.39 is 0 Å². The van der Waals surface area contributed by atoms with Gasteiger partial charge in [-0.3, -0.25) is 0 Å². The predicted octanol–water partition coefficient (Wildman–Crippen LogP) is 3.15. The van der Waals surface area contributed by atoms with Crippen LogP contribution in [0.3, 0.4) is 0 Å². The highest BCUT2D eigenvalue weighted by Gasteiger charge is 2.21. The summed E-state index contributed by atoms with van der Waals surface area (Å²) >= 11 is 5.98. The van der Waals surface area contributed by atoms with E-state index in [1.807, 2.05) is 13.8 Å². The van der Waals surface area contributed by atoms with Gasteiger partial charge in [0.05, 0.1) is 5.92 Å². The van der Waals surface area contributed by atoms with Gasteiger partial charge in [-0.25, -0.2) is 4.39 Å². The van der Waals surface area contributed by atoms with Crippen LogP contribution in [0.15, 0.2) is 22.7 Å². The third-order valence-corrected chi connectivity index (χ3v) is 3.61. The van der Waals surface area contributed by atoms with Crippen molar-refractivity contribution in [1.82, 2.24) is 10.1 Å². The summed E-state index contributed by atoms with van der Waals surface area (Å²) in [7, 11) is 0. The van der Waals surface area contributed by atoms with Crippen LogP contribution in [0.25, 0.3) is 0 Å². The fourth-order valence-corrected chi connectivity index (χ4v) is 2.24. The third-order valence-electron chi connectivity index (χ3n) is 3.26. The van der Waals surface area contributed by atoms with E-state index in [1.54, 1.807) is 12.1 Å². The Bertz CT molecular complexity index is 565. The molecule has 108 valence electrons. The number of halogens is 2. The van der Waals surface area contributed by atoms with Gasteiger partial charge in [0.25, 0.3) is 0 Å². The number of hydrogen-bond donors (Lipinski definition) is 1. The van der Waals surface area contributed by atoms with E-state index in [1.165, 1.54) is 6.07 Å². The summed E-state index contributed by atoms with van der Waals surface area (Å²) in [6, 6.07) is 4.56. The molecule has 0 aliphatic heterocycles. The zero-order valence-corrected chi connectivity index (χ0v) is 12.2. The van der Waals surface area contributed by atoms with Gasteiger partial charge in [0.15, 0.2) is 5.82 Å². The van der Waals surface area contributed by atoms with Crippen LogP contribution in [0.1, 0.15) is 37.0 Å². The van der Waals surface area contributed by atoms with Crippen molar-refractivity contribution in [3.8, 4) is 0 Å². The molecular formula is C14H17ClFN3O. The molecule has 0 fully saturated rings. The van der Waals surface area contributed by atoms with Gasteiger partial charge in [0, 0.05) is 23.6 Å². The Labute approximate surface area is 122 Å². The maximum atomic E-state index is 13.7. The highest BCUT2D eigenvalue weighted by molar-refractivity contribution is 6.31. The molecule has 4 nitrogen and oxygen atoms in total. The topological polar surface area (TPSA) is 64.9 Å². The molecule has 0 bridgehead atoms. The first-order chi connectivity index (χ1) is 9.52. The average molecular weight is 298 g/mol. The van der Waals surface area contributed by atoms with Crippen LogP contribution in [-0.4, -0.2) is 16.7 Å². The van der Waals surface area contributed by atoms with Gasteiger partial charge in [-0.15, -0.1) is 0 Å². The predicted molar refractivity (Wildman–Crippen MR) is 75.1 cm³/mol. The van der Waals surface area contributed by atoms with Crippen molar-refractivity contribution < 1.29 is 8.91 Å². The monoisotopic (exact) mass is 297 g/mol. The molecular weight excluding hydrogens is 281 g/mol. The Balaban J connectivity index is 2.22. The Morgan fingerprint density at radius 1 is 1.40 bits per heavy atom. The molecule has 6 heteroatoms. The highest BCUT2D eigenvalue weighted by Crippen LogP contribution is 2.24. The smallest absolute Gasteiger partial charge is 0.231 e. The molecule has 0 saturated heterocycles. The molecule has 2 rings (SSSR count). The number of nitrogens with zero attached hydrogens (tertiary/aromatic N) is 2. The average Bonchev–Trinajstić information content (AvgIpc) is 2.83. The van der Waals surface area contributed by atoms with Gasteiger partial charge in [-0.05, 0) is 18.1 Å². The number of hydrogen-bond acceptors (Lipinski definition) is 4. The summed E-state index contributed by atoms with van der Waals surface area (Å²) in [6.45, 7) is 4.50. The minimum atomic E-state index is -0.372. The molecule has 1 aromatic heterocycles. The molecule has 0 aliphatic rings. The molecule has 0 radical (unpaired) electrons. The van der Waals surface area contributed by atoms with Crippen molar-refractivity contribution in [1.29, 1.82) is 0 Å². The summed E-state index contributed by atoms with van der Waals surface area (Å²) in [5, 5.41) is 4.23. The van der Waals surface area contributed by atoms with Crippen LogP contribution in [0.5, 0.6) is 0 Å². The molecule has 2 N–H and O–H groups in total. The normalized spacial score (nSPS) is 12.9. The molecule has 0 saturated carbocycles. The molecule has 1 unspecified atom stereocenters. The van der Waals surface area contributed by atoms with Gasteiger partial charge < -0.3 is 10.3 Å². The van der Waals surface area contributed by atoms with Gasteiger partial charge in [-0.2, -0.15) is 4.98 Å². The van der Waals surface area contributed by atoms with E-state index in [-0.39, 0.29) is 18.2 Å². The highest BCUT2D eigenvalue weighted by atomic mass is 35.5. The van der Waals surface area contributed by atoms with E-state index in [0.717, 1.165) is 0 Å². The SMILES string of the molecule is CC(C)C(CN)c1nc(Cc2c(F)cccc2Cl)no1. The minimum Gasteiger partial charge on any atom is -0.339 e. The van der Waals surface area contributed by atoms with E-state index >= 15 is 0 Å². The maximum absolute atomic E-state index is 13.7. The maximum Gasteiger partial charge on any atom is 0.231 e. The lowest BCUT2D eigenvalue weighted by molar-refractivity contribution is 0.322. The van der Waals surface area contributed by atoms with Crippen molar-refractivity contribution in [2.24, 2.45) is 11.7 Å². The number of nitrogens with two attached hydrogens (primary N) is 1. The Hall–Kier alpha value is -1.46. The quantitative estimate of drug-likeness (QED) is 0.920. The molecule has 2 aromatic rings. The van der Waals surface area contributed by atoms with Gasteiger partial charge in [-0.1, -0.05) is 36.7 Å². The summed E-state index contributed by atoms with van der Waals surface area (Å²) in [5.74, 6) is 0.830. The lowest BCUT2D eigenvalue weighted by Crippen LogP contribution is -2.18. The molecule has 0 aliphatic carbocycles. The Kier molecular flexibility index (Phi) is 4.73. The zero-order chi connectivity index (χ0) is 14.7. The summed E-state index contributed by atoms with van der Waals surface area (Å²) in [4.78, 5) is 4.30. The second kappa shape index (κ2) is 6.33. The lowest BCUT2D eigenvalue weighted by Gasteiger charge is -2.13. The van der Waals surface area contributed by atoms with Gasteiger partial charge in [0.2, 0.25) is 5.89 Å². The van der Waals surface area contributed by atoms with E-state index in [9.17, 15) is 4.39 Å². The first-order valence-corrected chi connectivity index (χ1v) is 6.86. The number of benzene rings is 1. The fourth-order valence-electron chi connectivity index (χ4n) is 2.01. The van der Waals surface area contributed by atoms with E-state index in [4.69, 9.17) is 21.9 Å². The summed E-state index contributed by atoms with van der Waals surface area (Å²) in [5.41, 5.74) is 6.08. The fraction of sp³-hybridized carbons (Fsp3) is 0.429. The van der Waals surface area contributed by atoms with Crippen LogP contribution in [0.4, 0.5) is 4.39 Å². The minimum absolute atomic E-state index is 0.00680. The summed E-state index contributed by atoms with van der Waals surface area (Å²) in [6.07, 6.45) is 0.199. The first-order valence-electron chi connectivity index (χ1n) is 6.48. The molecule has 0 amide bonds. The Morgan fingerprint density at radius 2 is 2.15 bits per heavy atom. The zero-order valence-electron chi connectivity index (χ0n) is 11.4. The molecule has 1 heterocycles. The van der Waals surface area contributed by atoms with E-state index in [2.05, 4.69) is 10.1 Å².